The molecule has 1 aromatic heterocycles. The second-order valence-electron chi connectivity index (χ2n) is 7.27. The van der Waals surface area contributed by atoms with Crippen LogP contribution in [0.4, 0.5) is 30.6 Å². The summed E-state index contributed by atoms with van der Waals surface area (Å²) in [5, 5.41) is 18.6. The Labute approximate surface area is 198 Å². The van der Waals surface area contributed by atoms with E-state index in [2.05, 4.69) is 20.6 Å². The van der Waals surface area contributed by atoms with E-state index in [1.54, 1.807) is 29.3 Å². The number of hydrogen-bond donors (Lipinski definition) is 5. The minimum absolute atomic E-state index is 0.0274. The molecule has 35 heavy (non-hydrogen) atoms. The van der Waals surface area contributed by atoms with E-state index in [-0.39, 0.29) is 23.4 Å². The number of benzene rings is 1. The van der Waals surface area contributed by atoms with Gasteiger partial charge in [0.25, 0.3) is 0 Å². The molecule has 0 aliphatic carbocycles. The number of likely N-dealkylation sites (tertiary alicyclic amines) is 1. The van der Waals surface area contributed by atoms with Crippen LogP contribution < -0.4 is 21.5 Å². The van der Waals surface area contributed by atoms with Gasteiger partial charge in [0.1, 0.15) is 5.82 Å². The van der Waals surface area contributed by atoms with E-state index in [1.165, 1.54) is 12.1 Å². The summed E-state index contributed by atoms with van der Waals surface area (Å²) in [6, 6.07) is 7.98. The maximum atomic E-state index is 11.6. The predicted molar refractivity (Wildman–Crippen MR) is 119 cm³/mol. The van der Waals surface area contributed by atoms with Gasteiger partial charge in [0.2, 0.25) is 21.9 Å². The minimum atomic E-state index is -5.08. The maximum Gasteiger partial charge on any atom is 0.490 e. The molecule has 3 rings (SSSR count). The van der Waals surface area contributed by atoms with Crippen molar-refractivity contribution in [3.8, 4) is 0 Å². The number of anilines is 3. The number of nitrogens with two attached hydrogens (primary N) is 2. The monoisotopic (exact) mass is 519 g/mol. The molecule has 0 unspecified atom stereocenters. The topological polar surface area (TPSA) is 194 Å². The van der Waals surface area contributed by atoms with Crippen LogP contribution in [0.5, 0.6) is 0 Å². The van der Waals surface area contributed by atoms with Crippen molar-refractivity contribution in [3.05, 3.63) is 36.5 Å². The molecule has 1 fully saturated rings. The van der Waals surface area contributed by atoms with E-state index in [1.807, 2.05) is 0 Å². The Morgan fingerprint density at radius 2 is 1.71 bits per heavy atom. The normalized spacial score (nSPS) is 14.5. The van der Waals surface area contributed by atoms with Crippen molar-refractivity contribution < 1.29 is 36.3 Å². The zero-order valence-electron chi connectivity index (χ0n) is 18.2. The molecule has 1 aliphatic rings. The van der Waals surface area contributed by atoms with Crippen molar-refractivity contribution in [1.82, 2.24) is 14.9 Å². The second-order valence-corrected chi connectivity index (χ2v) is 8.83. The van der Waals surface area contributed by atoms with Crippen LogP contribution in [-0.2, 0) is 19.6 Å². The summed E-state index contributed by atoms with van der Waals surface area (Å²) in [5.74, 6) is -1.74. The zero-order chi connectivity index (χ0) is 26.2. The van der Waals surface area contributed by atoms with Crippen LogP contribution in [0, 0.1) is 0 Å². The van der Waals surface area contributed by atoms with Crippen molar-refractivity contribution in [3.63, 3.8) is 0 Å². The first-order valence-corrected chi connectivity index (χ1v) is 11.6. The van der Waals surface area contributed by atoms with Crippen LogP contribution in [0.1, 0.15) is 12.8 Å². The van der Waals surface area contributed by atoms with Gasteiger partial charge >= 0.3 is 12.1 Å². The van der Waals surface area contributed by atoms with Gasteiger partial charge in [-0.3, -0.25) is 4.79 Å². The SMILES string of the molecule is NCC(=O)N1CCC(Nc2ccnc(Nc3ccc(S(N)(=O)=O)cc3)n2)CC1.O=C(O)C(F)(F)F. The van der Waals surface area contributed by atoms with Crippen LogP contribution in [0.3, 0.4) is 0 Å². The van der Waals surface area contributed by atoms with Crippen molar-refractivity contribution in [2.24, 2.45) is 10.9 Å². The Bertz CT molecular complexity index is 1120. The number of sulfonamides is 1. The summed E-state index contributed by atoms with van der Waals surface area (Å²) in [4.78, 5) is 30.9. The van der Waals surface area contributed by atoms with Gasteiger partial charge in [-0.15, -0.1) is 0 Å². The van der Waals surface area contributed by atoms with Crippen LogP contribution in [0.2, 0.25) is 0 Å². The zero-order valence-corrected chi connectivity index (χ0v) is 19.0. The van der Waals surface area contributed by atoms with Crippen LogP contribution in [0.25, 0.3) is 0 Å². The number of alkyl halides is 3. The fourth-order valence-corrected chi connectivity index (χ4v) is 3.48. The van der Waals surface area contributed by atoms with Gasteiger partial charge in [-0.25, -0.2) is 23.3 Å². The number of carboxylic acid groups (broad SMARTS) is 1. The lowest BCUT2D eigenvalue weighted by atomic mass is 10.1. The van der Waals surface area contributed by atoms with Crippen LogP contribution in [0.15, 0.2) is 41.4 Å². The van der Waals surface area contributed by atoms with Crippen molar-refractivity contribution >= 4 is 39.4 Å². The lowest BCUT2D eigenvalue weighted by molar-refractivity contribution is -0.192. The molecule has 0 radical (unpaired) electrons. The van der Waals surface area contributed by atoms with E-state index in [4.69, 9.17) is 20.8 Å². The molecule has 1 aliphatic heterocycles. The molecule has 16 heteroatoms. The van der Waals surface area contributed by atoms with Crippen molar-refractivity contribution in [2.45, 2.75) is 30.0 Å². The van der Waals surface area contributed by atoms with E-state index < -0.39 is 22.2 Å². The standard InChI is InChI=1S/C17H23N7O3S.C2HF3O2/c18-11-16(25)24-9-6-13(7-10-24)21-15-5-8-20-17(23-15)22-12-1-3-14(4-2-12)28(19,26)27;3-2(4,5)1(6)7/h1-5,8,13H,6-7,9-11,18H2,(H2,19,26,27)(H2,20,21,22,23);(H,6,7). The Balaban J connectivity index is 0.000000540. The molecule has 0 saturated carbocycles. The third kappa shape index (κ3) is 8.99. The summed E-state index contributed by atoms with van der Waals surface area (Å²) >= 11 is 0. The molecule has 0 bridgehead atoms. The Morgan fingerprint density at radius 1 is 1.14 bits per heavy atom. The predicted octanol–water partition coefficient (Wildman–Crippen LogP) is 0.863. The number of nitrogens with one attached hydrogen (secondary N) is 2. The number of piperidine rings is 1. The summed E-state index contributed by atoms with van der Waals surface area (Å²) < 4.78 is 54.4. The Morgan fingerprint density at radius 3 is 2.20 bits per heavy atom. The lowest BCUT2D eigenvalue weighted by Crippen LogP contribution is -2.44. The average molecular weight is 520 g/mol. The van der Waals surface area contributed by atoms with Gasteiger partial charge in [-0.1, -0.05) is 0 Å². The molecular formula is C19H24F3N7O5S. The molecule has 2 aromatic rings. The van der Waals surface area contributed by atoms with E-state index in [0.717, 1.165) is 12.8 Å². The summed E-state index contributed by atoms with van der Waals surface area (Å²) in [6.45, 7) is 1.37. The van der Waals surface area contributed by atoms with Gasteiger partial charge in [0.05, 0.1) is 11.4 Å². The van der Waals surface area contributed by atoms with Gasteiger partial charge in [0.15, 0.2) is 0 Å². The number of rotatable bonds is 6. The highest BCUT2D eigenvalue weighted by molar-refractivity contribution is 7.89. The fourth-order valence-electron chi connectivity index (χ4n) is 2.97. The van der Waals surface area contributed by atoms with Gasteiger partial charge in [-0.2, -0.15) is 18.2 Å². The quantitative estimate of drug-likeness (QED) is 0.365. The number of halogens is 3. The van der Waals surface area contributed by atoms with Gasteiger partial charge in [0, 0.05) is 31.0 Å². The molecule has 2 heterocycles. The van der Waals surface area contributed by atoms with E-state index in [9.17, 15) is 26.4 Å². The summed E-state index contributed by atoms with van der Waals surface area (Å²) in [5.41, 5.74) is 6.04. The number of primary sulfonamides is 1. The molecule has 1 amide bonds. The van der Waals surface area contributed by atoms with Crippen molar-refractivity contribution in [1.29, 1.82) is 0 Å². The lowest BCUT2D eigenvalue weighted by Gasteiger charge is -2.32. The highest BCUT2D eigenvalue weighted by Gasteiger charge is 2.38. The summed E-state index contributed by atoms with van der Waals surface area (Å²) in [6.07, 6.45) is -1.83. The van der Waals surface area contributed by atoms with Gasteiger partial charge < -0.3 is 26.4 Å². The number of carbonyl (C=O) groups is 2. The molecule has 1 saturated heterocycles. The second kappa shape index (κ2) is 11.8. The highest BCUT2D eigenvalue weighted by Crippen LogP contribution is 2.19. The number of aromatic nitrogens is 2. The number of carbonyl (C=O) groups excluding carboxylic acids is 1. The maximum absolute atomic E-state index is 11.6. The average Bonchev–Trinajstić information content (AvgIpc) is 2.79. The van der Waals surface area contributed by atoms with Crippen LogP contribution >= 0.6 is 0 Å². The third-order valence-corrected chi connectivity index (χ3v) is 5.64. The molecule has 12 nitrogen and oxygen atoms in total. The van der Waals surface area contributed by atoms with E-state index >= 15 is 0 Å². The molecular weight excluding hydrogens is 495 g/mol. The fraction of sp³-hybridized carbons (Fsp3) is 0.368. The Kier molecular flexibility index (Phi) is 9.32. The number of aliphatic carboxylic acids is 1. The number of amides is 1. The highest BCUT2D eigenvalue weighted by atomic mass is 32.2. The first kappa shape index (κ1) is 27.7. The number of nitrogens with zero attached hydrogens (tertiary/aromatic N) is 3. The first-order chi connectivity index (χ1) is 16.3. The van der Waals surface area contributed by atoms with Crippen LogP contribution in [-0.4, -0.2) is 72.1 Å². The first-order valence-electron chi connectivity index (χ1n) is 10.1. The van der Waals surface area contributed by atoms with E-state index in [0.29, 0.717) is 30.5 Å². The molecule has 192 valence electrons. The third-order valence-electron chi connectivity index (χ3n) is 4.71. The molecule has 7 N–H and O–H groups in total. The Hall–Kier alpha value is -3.50. The van der Waals surface area contributed by atoms with Gasteiger partial charge in [-0.05, 0) is 43.2 Å². The van der Waals surface area contributed by atoms with Crippen molar-refractivity contribution in [2.75, 3.05) is 30.3 Å². The minimum Gasteiger partial charge on any atom is -0.475 e. The number of carboxylic acids is 1. The smallest absolute Gasteiger partial charge is 0.475 e. The summed E-state index contributed by atoms with van der Waals surface area (Å²) in [7, 11) is -3.73. The molecule has 0 atom stereocenters. The molecule has 1 aromatic carbocycles. The number of hydrogen-bond acceptors (Lipinski definition) is 9. The molecule has 0 spiro atoms. The largest absolute Gasteiger partial charge is 0.490 e.